The predicted octanol–water partition coefficient (Wildman–Crippen LogP) is 13.7. The van der Waals surface area contributed by atoms with Crippen LogP contribution in [0.4, 0.5) is 22.7 Å². The Kier molecular flexibility index (Phi) is 12.0. The number of fused-ring (bicyclic) bond motifs is 2. The Morgan fingerprint density at radius 2 is 0.859 bits per heavy atom. The fourth-order valence-electron chi connectivity index (χ4n) is 9.85. The summed E-state index contributed by atoms with van der Waals surface area (Å²) in [5.74, 6) is 1.78. The van der Waals surface area contributed by atoms with E-state index in [4.69, 9.17) is 9.47 Å². The van der Waals surface area contributed by atoms with Gasteiger partial charge in [-0.3, -0.25) is 0 Å². The lowest BCUT2D eigenvalue weighted by molar-refractivity contribution is 0.325. The molecule has 0 spiro atoms. The Bertz CT molecular complexity index is 2590. The molecular weight excluding hydrogens is 783 g/mol. The van der Waals surface area contributed by atoms with Crippen LogP contribution in [0.15, 0.2) is 205 Å². The van der Waals surface area contributed by atoms with Gasteiger partial charge in [-0.2, -0.15) is 4.58 Å². The van der Waals surface area contributed by atoms with Gasteiger partial charge in [-0.15, -0.1) is 0 Å². The zero-order valence-electron chi connectivity index (χ0n) is 38.2. The van der Waals surface area contributed by atoms with Crippen LogP contribution in [0.5, 0.6) is 11.5 Å². The summed E-state index contributed by atoms with van der Waals surface area (Å²) in [6.45, 7) is 16.5. The number of allylic oxidation sites excluding steroid dienone is 8. The van der Waals surface area contributed by atoms with Gasteiger partial charge in [0.05, 0.1) is 13.1 Å². The van der Waals surface area contributed by atoms with Crippen molar-refractivity contribution in [1.29, 1.82) is 0 Å². The fraction of sp³-hybridized carbons (Fsp3) is 0.237. The van der Waals surface area contributed by atoms with Gasteiger partial charge in [0.1, 0.15) is 24.7 Å². The predicted molar refractivity (Wildman–Crippen MR) is 268 cm³/mol. The molecule has 1 aliphatic carbocycles. The molecule has 6 aromatic carbocycles. The van der Waals surface area contributed by atoms with E-state index in [-0.39, 0.29) is 10.8 Å². The lowest BCUT2D eigenvalue weighted by Crippen LogP contribution is -2.30. The van der Waals surface area contributed by atoms with E-state index < -0.39 is 0 Å². The number of hydrogen-bond acceptors (Lipinski definition) is 4. The number of nitrogens with zero attached hydrogens (tertiary/aromatic N) is 3. The first-order valence-electron chi connectivity index (χ1n) is 22.8. The molecular formula is C59H60N3O2+. The maximum atomic E-state index is 6.30. The van der Waals surface area contributed by atoms with E-state index in [1.807, 2.05) is 60.7 Å². The highest BCUT2D eigenvalue weighted by atomic mass is 16.5. The molecule has 5 nitrogen and oxygen atoms in total. The van der Waals surface area contributed by atoms with Gasteiger partial charge in [-0.1, -0.05) is 148 Å². The van der Waals surface area contributed by atoms with Gasteiger partial charge in [-0.05, 0) is 86.4 Å². The summed E-state index contributed by atoms with van der Waals surface area (Å²) in [5, 5.41) is 0. The van der Waals surface area contributed by atoms with Crippen molar-refractivity contribution in [2.75, 3.05) is 36.1 Å². The van der Waals surface area contributed by atoms with Crippen molar-refractivity contribution in [2.24, 2.45) is 0 Å². The molecule has 0 saturated heterocycles. The second-order valence-corrected chi connectivity index (χ2v) is 18.3. The molecule has 1 saturated carbocycles. The molecule has 2 aliphatic heterocycles. The first kappa shape index (κ1) is 42.5. The number of aryl methyl sites for hydroxylation is 2. The van der Waals surface area contributed by atoms with Crippen molar-refractivity contribution in [1.82, 2.24) is 4.58 Å². The van der Waals surface area contributed by atoms with Crippen molar-refractivity contribution >= 4 is 28.5 Å². The van der Waals surface area contributed by atoms with E-state index in [0.29, 0.717) is 13.2 Å². The maximum absolute atomic E-state index is 6.30. The topological polar surface area (TPSA) is 27.9 Å². The molecule has 0 radical (unpaired) electrons. The molecule has 0 amide bonds. The van der Waals surface area contributed by atoms with Crippen molar-refractivity contribution < 1.29 is 9.47 Å². The lowest BCUT2D eigenvalue weighted by Gasteiger charge is -2.27. The van der Waals surface area contributed by atoms with Gasteiger partial charge in [0.2, 0.25) is 17.1 Å². The van der Waals surface area contributed by atoms with Crippen LogP contribution in [0.3, 0.4) is 0 Å². The van der Waals surface area contributed by atoms with E-state index in [1.165, 1.54) is 61.9 Å². The maximum Gasteiger partial charge on any atom is 0.218 e. The van der Waals surface area contributed by atoms with Gasteiger partial charge in [0.15, 0.2) is 0 Å². The Hall–Kier alpha value is -6.85. The van der Waals surface area contributed by atoms with Crippen LogP contribution in [-0.4, -0.2) is 32.0 Å². The molecule has 0 atom stereocenters. The number of ether oxygens (including phenoxy) is 2. The summed E-state index contributed by atoms with van der Waals surface area (Å²) < 4.78 is 15.1. The minimum absolute atomic E-state index is 0.208. The molecule has 1 fully saturated rings. The summed E-state index contributed by atoms with van der Waals surface area (Å²) in [4.78, 5) is 4.96. The molecule has 0 aromatic heterocycles. The smallest absolute Gasteiger partial charge is 0.218 e. The van der Waals surface area contributed by atoms with E-state index in [2.05, 4.69) is 177 Å². The Labute approximate surface area is 380 Å². The number of rotatable bonds is 12. The van der Waals surface area contributed by atoms with Gasteiger partial charge < -0.3 is 19.3 Å². The van der Waals surface area contributed by atoms with Crippen molar-refractivity contribution in [3.05, 3.63) is 227 Å². The Morgan fingerprint density at radius 1 is 0.484 bits per heavy atom. The van der Waals surface area contributed by atoms with Crippen LogP contribution in [-0.2, 0) is 10.8 Å². The van der Waals surface area contributed by atoms with E-state index >= 15 is 0 Å². The number of hydrogen-bond donors (Lipinski definition) is 0. The SMILES string of the molecule is Cc1ccc2c(c1)C(C)(C)C(=CC=C1CCC(=CC=C3N(CCOc4ccccc4)c4ccc(C)cc4C3(C)C)C1=[N+](c1ccccc1)c1ccccc1)N2CCOc1ccccc1. The summed E-state index contributed by atoms with van der Waals surface area (Å²) in [7, 11) is 0. The second-order valence-electron chi connectivity index (χ2n) is 18.3. The number of benzene rings is 6. The minimum Gasteiger partial charge on any atom is -0.492 e. The summed E-state index contributed by atoms with van der Waals surface area (Å²) in [6.07, 6.45) is 11.5. The highest BCUT2D eigenvalue weighted by Gasteiger charge is 2.42. The zero-order valence-corrected chi connectivity index (χ0v) is 38.2. The number of anilines is 2. The molecule has 0 unspecified atom stereocenters. The first-order valence-corrected chi connectivity index (χ1v) is 22.8. The van der Waals surface area contributed by atoms with Crippen LogP contribution in [0.2, 0.25) is 0 Å². The van der Waals surface area contributed by atoms with Crippen LogP contribution in [0, 0.1) is 13.8 Å². The van der Waals surface area contributed by atoms with Crippen molar-refractivity contribution in [3.8, 4) is 11.5 Å². The first-order chi connectivity index (χ1) is 31.1. The second kappa shape index (κ2) is 18.1. The van der Waals surface area contributed by atoms with E-state index in [9.17, 15) is 0 Å². The molecule has 5 heteroatoms. The largest absolute Gasteiger partial charge is 0.492 e. The molecule has 3 aliphatic rings. The highest BCUT2D eigenvalue weighted by Crippen LogP contribution is 2.50. The summed E-state index contributed by atoms with van der Waals surface area (Å²) in [5.41, 5.74) is 16.0. The quantitative estimate of drug-likeness (QED) is 0.115. The van der Waals surface area contributed by atoms with Gasteiger partial charge in [0.25, 0.3) is 0 Å². The minimum atomic E-state index is -0.208. The van der Waals surface area contributed by atoms with Crippen LogP contribution in [0.25, 0.3) is 0 Å². The monoisotopic (exact) mass is 842 g/mol. The van der Waals surface area contributed by atoms with Gasteiger partial charge in [-0.25, -0.2) is 0 Å². The van der Waals surface area contributed by atoms with Crippen LogP contribution >= 0.6 is 0 Å². The van der Waals surface area contributed by atoms with Crippen LogP contribution in [0.1, 0.15) is 62.8 Å². The average Bonchev–Trinajstić information content (AvgIpc) is 3.87. The van der Waals surface area contributed by atoms with E-state index in [0.717, 1.165) is 48.8 Å². The molecule has 9 rings (SSSR count). The van der Waals surface area contributed by atoms with Gasteiger partial charge in [0, 0.05) is 69.0 Å². The Morgan fingerprint density at radius 3 is 1.25 bits per heavy atom. The fourth-order valence-corrected chi connectivity index (χ4v) is 9.85. The summed E-state index contributed by atoms with van der Waals surface area (Å²) in [6, 6.07) is 55.7. The molecule has 322 valence electrons. The molecule has 2 heterocycles. The molecule has 0 bridgehead atoms. The molecule has 0 N–H and O–H groups in total. The van der Waals surface area contributed by atoms with Crippen molar-refractivity contribution in [3.63, 3.8) is 0 Å². The van der Waals surface area contributed by atoms with Crippen LogP contribution < -0.4 is 23.8 Å². The third-order valence-electron chi connectivity index (χ3n) is 13.2. The standard InChI is InChI=1S/C59H60N3O2/c1-43-27-33-53-51(41-43)58(3,4)55(60(53)37-39-63-49-23-15-9-16-24-49)35-31-45-29-30-46(57(45)62(47-19-11-7-12-20-47)48-21-13-8-14-22-48)32-36-56-59(5,6)52-42-44(2)28-34-54(52)61(56)38-40-64-50-25-17-10-18-26-50/h7-28,31-36,41-42H,29-30,37-40H2,1-6H3/q+1. The zero-order chi connectivity index (χ0) is 44.3. The molecule has 64 heavy (non-hydrogen) atoms. The lowest BCUT2D eigenvalue weighted by atomic mass is 9.83. The normalized spacial score (nSPS) is 18.6. The van der Waals surface area contributed by atoms with E-state index in [1.54, 1.807) is 0 Å². The third-order valence-corrected chi connectivity index (χ3v) is 13.2. The van der Waals surface area contributed by atoms with Gasteiger partial charge >= 0.3 is 0 Å². The highest BCUT2D eigenvalue weighted by molar-refractivity contribution is 6.17. The molecule has 6 aromatic rings. The average molecular weight is 843 g/mol. The number of para-hydroxylation sites is 4. The summed E-state index contributed by atoms with van der Waals surface area (Å²) >= 11 is 0. The third kappa shape index (κ3) is 8.47. The van der Waals surface area contributed by atoms with Crippen molar-refractivity contribution in [2.45, 2.75) is 65.2 Å². The Balaban J connectivity index is 1.15.